The summed E-state index contributed by atoms with van der Waals surface area (Å²) in [5, 5.41) is 11.6. The van der Waals surface area contributed by atoms with Crippen LogP contribution in [0, 0.1) is 0 Å². The lowest BCUT2D eigenvalue weighted by Gasteiger charge is -2.32. The molecule has 0 aliphatic heterocycles. The maximum Gasteiger partial charge on any atom is 0.430 e. The Bertz CT molecular complexity index is 801. The molecule has 0 fully saturated rings. The van der Waals surface area contributed by atoms with Crippen molar-refractivity contribution in [3.8, 4) is 5.75 Å². The van der Waals surface area contributed by atoms with Crippen LogP contribution in [0.1, 0.15) is 15.9 Å². The van der Waals surface area contributed by atoms with Gasteiger partial charge in [-0.15, -0.1) is 0 Å². The van der Waals surface area contributed by atoms with Crippen LogP contribution in [0.5, 0.6) is 5.75 Å². The molecule has 0 saturated carbocycles. The van der Waals surface area contributed by atoms with E-state index in [-0.39, 0.29) is 11.3 Å². The highest BCUT2D eigenvalue weighted by atomic mass is 19.4. The van der Waals surface area contributed by atoms with Gasteiger partial charge in [-0.3, -0.25) is 4.79 Å². The van der Waals surface area contributed by atoms with Gasteiger partial charge in [-0.2, -0.15) is 26.3 Å². The van der Waals surface area contributed by atoms with E-state index in [9.17, 15) is 36.2 Å². The van der Waals surface area contributed by atoms with E-state index in [0.29, 0.717) is 17.9 Å². The maximum absolute atomic E-state index is 12.8. The number of carbonyl (C=O) groups excluding carboxylic acids is 1. The van der Waals surface area contributed by atoms with Crippen molar-refractivity contribution < 1.29 is 41.0 Å². The summed E-state index contributed by atoms with van der Waals surface area (Å²) in [6.45, 7) is 0. The van der Waals surface area contributed by atoms with E-state index in [4.69, 9.17) is 4.74 Å². The minimum absolute atomic E-state index is 0.0572. The van der Waals surface area contributed by atoms with Crippen molar-refractivity contribution in [2.24, 2.45) is 0 Å². The fourth-order valence-electron chi connectivity index (χ4n) is 2.25. The molecule has 4 nitrogen and oxygen atoms in total. The van der Waals surface area contributed by atoms with Gasteiger partial charge in [-0.05, 0) is 30.3 Å². The molecular weight excluding hydrogens is 380 g/mol. The summed E-state index contributed by atoms with van der Waals surface area (Å²) in [6.07, 6.45) is -12.0. The first-order valence-electron chi connectivity index (χ1n) is 7.32. The second-order valence-corrected chi connectivity index (χ2v) is 5.47. The smallest absolute Gasteiger partial charge is 0.430 e. The second kappa shape index (κ2) is 7.10. The number of alkyl halides is 6. The Balaban J connectivity index is 2.27. The molecule has 1 amide bonds. The molecule has 0 heterocycles. The molecule has 2 aromatic carbocycles. The van der Waals surface area contributed by atoms with Crippen LogP contribution in [-0.2, 0) is 5.60 Å². The molecule has 0 saturated heterocycles. The largest absolute Gasteiger partial charge is 0.497 e. The van der Waals surface area contributed by atoms with E-state index >= 15 is 0 Å². The lowest BCUT2D eigenvalue weighted by Crippen LogP contribution is -2.53. The molecule has 2 aromatic rings. The Morgan fingerprint density at radius 3 is 2.00 bits per heavy atom. The summed E-state index contributed by atoms with van der Waals surface area (Å²) in [5.41, 5.74) is -6.32. The van der Waals surface area contributed by atoms with Crippen LogP contribution < -0.4 is 10.1 Å². The maximum atomic E-state index is 12.8. The molecule has 10 heteroatoms. The molecule has 27 heavy (non-hydrogen) atoms. The molecule has 0 spiro atoms. The minimum Gasteiger partial charge on any atom is -0.497 e. The van der Waals surface area contributed by atoms with Gasteiger partial charge in [0.15, 0.2) is 0 Å². The number of benzene rings is 2. The molecule has 0 aromatic heterocycles. The summed E-state index contributed by atoms with van der Waals surface area (Å²) >= 11 is 0. The van der Waals surface area contributed by atoms with Crippen molar-refractivity contribution in [1.29, 1.82) is 0 Å². The topological polar surface area (TPSA) is 58.6 Å². The van der Waals surface area contributed by atoms with Gasteiger partial charge in [-0.1, -0.05) is 18.2 Å². The number of halogens is 6. The van der Waals surface area contributed by atoms with Gasteiger partial charge in [0.1, 0.15) is 5.75 Å². The Morgan fingerprint density at radius 2 is 1.52 bits per heavy atom. The summed E-state index contributed by atoms with van der Waals surface area (Å²) in [4.78, 5) is 12.1. The van der Waals surface area contributed by atoms with Crippen molar-refractivity contribution in [2.75, 3.05) is 12.4 Å². The first-order valence-corrected chi connectivity index (χ1v) is 7.32. The van der Waals surface area contributed by atoms with Gasteiger partial charge in [0.2, 0.25) is 0 Å². The van der Waals surface area contributed by atoms with E-state index in [1.165, 1.54) is 25.3 Å². The van der Waals surface area contributed by atoms with Gasteiger partial charge in [0.25, 0.3) is 11.5 Å². The number of aliphatic hydroxyl groups is 1. The predicted molar refractivity (Wildman–Crippen MR) is 83.4 cm³/mol. The monoisotopic (exact) mass is 393 g/mol. The van der Waals surface area contributed by atoms with Crippen LogP contribution in [0.4, 0.5) is 32.0 Å². The van der Waals surface area contributed by atoms with E-state index in [2.05, 4.69) is 5.32 Å². The Kier molecular flexibility index (Phi) is 5.41. The van der Waals surface area contributed by atoms with Gasteiger partial charge in [-0.25, -0.2) is 0 Å². The molecule has 2 N–H and O–H groups in total. The van der Waals surface area contributed by atoms with Crippen molar-refractivity contribution in [1.82, 2.24) is 0 Å². The zero-order valence-corrected chi connectivity index (χ0v) is 13.7. The third kappa shape index (κ3) is 4.00. The summed E-state index contributed by atoms with van der Waals surface area (Å²) in [5.74, 6) is -0.262. The highest BCUT2D eigenvalue weighted by molar-refractivity contribution is 6.04. The Morgan fingerprint density at radius 1 is 0.963 bits per heavy atom. The van der Waals surface area contributed by atoms with Gasteiger partial charge in [0, 0.05) is 16.8 Å². The molecule has 0 aliphatic carbocycles. The van der Waals surface area contributed by atoms with Gasteiger partial charge < -0.3 is 15.2 Å². The number of nitrogens with one attached hydrogen (secondary N) is 1. The molecule has 0 unspecified atom stereocenters. The number of hydrogen-bond donors (Lipinski definition) is 2. The highest BCUT2D eigenvalue weighted by Crippen LogP contribution is 2.50. The normalized spacial score (nSPS) is 12.6. The lowest BCUT2D eigenvalue weighted by molar-refractivity contribution is -0.376. The fourth-order valence-corrected chi connectivity index (χ4v) is 2.25. The van der Waals surface area contributed by atoms with Crippen molar-refractivity contribution in [2.45, 2.75) is 18.0 Å². The molecule has 0 aliphatic rings. The van der Waals surface area contributed by atoms with Gasteiger partial charge >= 0.3 is 12.4 Å². The zero-order valence-electron chi connectivity index (χ0n) is 13.7. The predicted octanol–water partition coefficient (Wildman–Crippen LogP) is 4.26. The number of methoxy groups -OCH3 is 1. The number of hydrogen-bond acceptors (Lipinski definition) is 3. The molecule has 0 bridgehead atoms. The molecule has 0 atom stereocenters. The number of anilines is 1. The van der Waals surface area contributed by atoms with Crippen LogP contribution >= 0.6 is 0 Å². The average Bonchev–Trinajstić information content (AvgIpc) is 2.59. The summed E-state index contributed by atoms with van der Waals surface area (Å²) in [6, 6.07) is 8.51. The average molecular weight is 393 g/mol. The van der Waals surface area contributed by atoms with Crippen molar-refractivity contribution >= 4 is 11.6 Å². The third-order valence-corrected chi connectivity index (χ3v) is 3.71. The first-order chi connectivity index (χ1) is 12.4. The number of ether oxygens (including phenoxy) is 1. The minimum atomic E-state index is -5.98. The van der Waals surface area contributed by atoms with E-state index in [0.717, 1.165) is 12.1 Å². The first kappa shape index (κ1) is 20.6. The molecule has 2 rings (SSSR count). The molecule has 146 valence electrons. The van der Waals surface area contributed by atoms with Crippen LogP contribution in [0.2, 0.25) is 0 Å². The molecular formula is C17H13F6NO3. The van der Waals surface area contributed by atoms with Crippen LogP contribution in [0.3, 0.4) is 0 Å². The number of rotatable bonds is 4. The van der Waals surface area contributed by atoms with Crippen LogP contribution in [-0.4, -0.2) is 30.5 Å². The van der Waals surface area contributed by atoms with Crippen LogP contribution in [0.25, 0.3) is 0 Å². The SMILES string of the molecule is COc1cccc(C(=O)Nc2ccc(C(O)(C(F)(F)F)C(F)(F)F)cc2)c1. The molecule has 0 radical (unpaired) electrons. The second-order valence-electron chi connectivity index (χ2n) is 5.47. The standard InChI is InChI=1S/C17H13F6NO3/c1-27-13-4-2-3-10(9-13)14(25)24-12-7-5-11(6-8-12)15(26,16(18,19)20)17(21,22)23/h2-9,26H,1H3,(H,24,25). The summed E-state index contributed by atoms with van der Waals surface area (Å²) in [7, 11) is 1.39. The zero-order chi connectivity index (χ0) is 20.5. The summed E-state index contributed by atoms with van der Waals surface area (Å²) < 4.78 is 82.0. The van der Waals surface area contributed by atoms with Gasteiger partial charge in [0.05, 0.1) is 7.11 Å². The van der Waals surface area contributed by atoms with E-state index in [1.54, 1.807) is 6.07 Å². The Hall–Kier alpha value is -2.75. The van der Waals surface area contributed by atoms with E-state index in [1.807, 2.05) is 0 Å². The fraction of sp³-hybridized carbons (Fsp3) is 0.235. The third-order valence-electron chi connectivity index (χ3n) is 3.71. The highest BCUT2D eigenvalue weighted by Gasteiger charge is 2.71. The lowest BCUT2D eigenvalue weighted by atomic mass is 9.92. The van der Waals surface area contributed by atoms with Crippen LogP contribution in [0.15, 0.2) is 48.5 Å². The Labute approximate surface area is 149 Å². The number of carbonyl (C=O) groups is 1. The van der Waals surface area contributed by atoms with E-state index < -0.39 is 29.4 Å². The van der Waals surface area contributed by atoms with Crippen molar-refractivity contribution in [3.05, 3.63) is 59.7 Å². The number of amides is 1. The van der Waals surface area contributed by atoms with Crippen molar-refractivity contribution in [3.63, 3.8) is 0 Å². The quantitative estimate of drug-likeness (QED) is 0.764.